The summed E-state index contributed by atoms with van der Waals surface area (Å²) < 4.78 is 6.17. The highest BCUT2D eigenvalue weighted by molar-refractivity contribution is 5.85. The lowest BCUT2D eigenvalue weighted by Gasteiger charge is -2.62. The molecule has 3 fully saturated rings. The van der Waals surface area contributed by atoms with Crippen LogP contribution in [0.5, 0.6) is 0 Å². The molecule has 0 heterocycles. The number of rotatable bonds is 5. The van der Waals surface area contributed by atoms with Gasteiger partial charge in [-0.2, -0.15) is 0 Å². The summed E-state index contributed by atoms with van der Waals surface area (Å²) in [6, 6.07) is 0. The van der Waals surface area contributed by atoms with E-state index in [1.807, 2.05) is 13.0 Å². The molecule has 1 unspecified atom stereocenters. The first kappa shape index (κ1) is 21.7. The van der Waals surface area contributed by atoms with Gasteiger partial charge in [-0.15, -0.1) is 6.58 Å². The Balaban J connectivity index is 2.14. The maximum Gasteiger partial charge on any atom is 0.150 e. The molecule has 28 heavy (non-hydrogen) atoms. The van der Waals surface area contributed by atoms with Crippen LogP contribution in [0.4, 0.5) is 0 Å². The number of aliphatic hydroxyl groups is 2. The van der Waals surface area contributed by atoms with Gasteiger partial charge in [0.25, 0.3) is 0 Å². The Morgan fingerprint density at radius 3 is 2.61 bits per heavy atom. The van der Waals surface area contributed by atoms with E-state index in [9.17, 15) is 19.8 Å². The van der Waals surface area contributed by atoms with Crippen LogP contribution in [0.2, 0.25) is 0 Å². The van der Waals surface area contributed by atoms with Crippen LogP contribution in [0.15, 0.2) is 12.7 Å². The molecule has 0 aliphatic heterocycles. The Labute approximate surface area is 168 Å². The van der Waals surface area contributed by atoms with Gasteiger partial charge in [0.15, 0.2) is 6.29 Å². The first-order valence-corrected chi connectivity index (χ1v) is 10.7. The van der Waals surface area contributed by atoms with E-state index in [0.717, 1.165) is 19.3 Å². The summed E-state index contributed by atoms with van der Waals surface area (Å²) in [6.45, 7) is 12.4. The monoisotopic (exact) mass is 392 g/mol. The highest BCUT2D eigenvalue weighted by Crippen LogP contribution is 2.67. The van der Waals surface area contributed by atoms with Gasteiger partial charge in [-0.05, 0) is 42.9 Å². The molecule has 0 amide bonds. The van der Waals surface area contributed by atoms with Crippen LogP contribution in [-0.2, 0) is 14.3 Å². The highest BCUT2D eigenvalue weighted by atomic mass is 16.5. The third-order valence-corrected chi connectivity index (χ3v) is 8.93. The summed E-state index contributed by atoms with van der Waals surface area (Å²) in [7, 11) is 0. The summed E-state index contributed by atoms with van der Waals surface area (Å²) in [5.41, 5.74) is -1.21. The molecule has 0 aromatic heterocycles. The molecule has 0 aromatic carbocycles. The Morgan fingerprint density at radius 1 is 1.32 bits per heavy atom. The zero-order valence-corrected chi connectivity index (χ0v) is 17.7. The van der Waals surface area contributed by atoms with Crippen molar-refractivity contribution in [3.8, 4) is 0 Å². The molecular weight excluding hydrogens is 356 g/mol. The van der Waals surface area contributed by atoms with Gasteiger partial charge >= 0.3 is 0 Å². The lowest BCUT2D eigenvalue weighted by molar-refractivity contribution is -0.206. The van der Waals surface area contributed by atoms with Gasteiger partial charge in [0, 0.05) is 23.2 Å². The number of ketones is 1. The fraction of sp³-hybridized carbons (Fsp3) is 0.826. The number of ether oxygens (including phenoxy) is 1. The molecule has 0 aromatic rings. The second-order valence-corrected chi connectivity index (χ2v) is 10.1. The Bertz CT molecular complexity index is 647. The molecule has 5 nitrogen and oxygen atoms in total. The average molecular weight is 393 g/mol. The molecule has 5 heteroatoms. The molecule has 9 atom stereocenters. The Kier molecular flexibility index (Phi) is 5.67. The molecule has 0 radical (unpaired) electrons. The van der Waals surface area contributed by atoms with E-state index >= 15 is 0 Å². The van der Waals surface area contributed by atoms with Crippen molar-refractivity contribution in [1.29, 1.82) is 0 Å². The SMILES string of the molecule is C=C[C@]1(C)C[C@@H](OCC(O)C=O)[C@]2(C)[C@H](C)CC[C@]3(CCC(=O)[C@H]32)[C@@H](C)[C@@H]1O. The molecule has 3 saturated carbocycles. The number of Topliss-reactive ketones (excluding diaryl/α,β-unsaturated/α-hetero) is 1. The van der Waals surface area contributed by atoms with Crippen molar-refractivity contribution < 1.29 is 24.5 Å². The maximum absolute atomic E-state index is 13.2. The minimum Gasteiger partial charge on any atom is -0.392 e. The zero-order chi connectivity index (χ0) is 20.9. The summed E-state index contributed by atoms with van der Waals surface area (Å²) >= 11 is 0. The molecule has 2 bridgehead atoms. The fourth-order valence-corrected chi connectivity index (χ4v) is 6.83. The Morgan fingerprint density at radius 2 is 2.00 bits per heavy atom. The fourth-order valence-electron chi connectivity index (χ4n) is 6.83. The standard InChI is InChI=1S/C23H36O5/c1-6-21(4)11-18(28-13-16(25)12-24)22(5)14(2)7-9-23(15(3)20(21)27)10-8-17(26)19(22)23/h6,12,14-16,18-20,25,27H,1,7-11,13H2,2-5H3/t14-,15+,16?,18-,19+,20+,21-,22+,23+/m1/s1. The molecule has 3 rings (SSSR count). The van der Waals surface area contributed by atoms with E-state index in [1.54, 1.807) is 0 Å². The third-order valence-electron chi connectivity index (χ3n) is 8.93. The number of carbonyl (C=O) groups excluding carboxylic acids is 2. The van der Waals surface area contributed by atoms with E-state index in [-0.39, 0.29) is 41.7 Å². The highest BCUT2D eigenvalue weighted by Gasteiger charge is 2.67. The quantitative estimate of drug-likeness (QED) is 0.555. The second-order valence-electron chi connectivity index (χ2n) is 10.1. The molecule has 0 spiro atoms. The van der Waals surface area contributed by atoms with Gasteiger partial charge in [0.05, 0.1) is 18.8 Å². The van der Waals surface area contributed by atoms with Gasteiger partial charge in [0.1, 0.15) is 11.9 Å². The summed E-state index contributed by atoms with van der Waals surface area (Å²) in [6.07, 6.45) is 3.93. The van der Waals surface area contributed by atoms with Crippen LogP contribution in [0, 0.1) is 34.0 Å². The first-order chi connectivity index (χ1) is 13.1. The normalized spacial score (nSPS) is 49.6. The summed E-state index contributed by atoms with van der Waals surface area (Å²) in [5, 5.41) is 21.2. The van der Waals surface area contributed by atoms with E-state index in [2.05, 4.69) is 27.4 Å². The topological polar surface area (TPSA) is 83.8 Å². The number of aliphatic hydroxyl groups excluding tert-OH is 2. The number of aldehydes is 1. The molecule has 3 aliphatic rings. The largest absolute Gasteiger partial charge is 0.392 e. The third kappa shape index (κ3) is 2.93. The molecule has 3 aliphatic carbocycles. The summed E-state index contributed by atoms with van der Waals surface area (Å²) in [4.78, 5) is 24.1. The average Bonchev–Trinajstić information content (AvgIpc) is 3.04. The van der Waals surface area contributed by atoms with Crippen LogP contribution in [0.1, 0.15) is 59.8 Å². The predicted molar refractivity (Wildman–Crippen MR) is 107 cm³/mol. The Hall–Kier alpha value is -1.04. The van der Waals surface area contributed by atoms with Crippen LogP contribution >= 0.6 is 0 Å². The zero-order valence-electron chi connectivity index (χ0n) is 17.7. The van der Waals surface area contributed by atoms with Gasteiger partial charge in [0.2, 0.25) is 0 Å². The van der Waals surface area contributed by atoms with Crippen molar-refractivity contribution in [2.75, 3.05) is 6.61 Å². The maximum atomic E-state index is 13.2. The minimum absolute atomic E-state index is 0.0136. The van der Waals surface area contributed by atoms with E-state index in [4.69, 9.17) is 4.74 Å². The van der Waals surface area contributed by atoms with E-state index in [1.165, 1.54) is 0 Å². The van der Waals surface area contributed by atoms with Gasteiger partial charge in [-0.3, -0.25) is 4.79 Å². The molecular formula is C23H36O5. The summed E-state index contributed by atoms with van der Waals surface area (Å²) in [5.74, 6) is 0.365. The van der Waals surface area contributed by atoms with Crippen LogP contribution in [-0.4, -0.2) is 47.2 Å². The van der Waals surface area contributed by atoms with Crippen molar-refractivity contribution >= 4 is 12.1 Å². The van der Waals surface area contributed by atoms with Gasteiger partial charge < -0.3 is 19.7 Å². The lowest BCUT2D eigenvalue weighted by Crippen LogP contribution is -2.63. The second kappa shape index (κ2) is 7.33. The van der Waals surface area contributed by atoms with Crippen LogP contribution < -0.4 is 0 Å². The van der Waals surface area contributed by atoms with Gasteiger partial charge in [-0.1, -0.05) is 33.8 Å². The number of hydrogen-bond donors (Lipinski definition) is 2. The molecule has 2 N–H and O–H groups in total. The minimum atomic E-state index is -1.18. The number of hydrogen-bond acceptors (Lipinski definition) is 5. The van der Waals surface area contributed by atoms with E-state index in [0.29, 0.717) is 19.1 Å². The molecule has 0 saturated heterocycles. The smallest absolute Gasteiger partial charge is 0.150 e. The molecule has 158 valence electrons. The van der Waals surface area contributed by atoms with Crippen LogP contribution in [0.25, 0.3) is 0 Å². The number of carbonyl (C=O) groups is 2. The van der Waals surface area contributed by atoms with Crippen molar-refractivity contribution in [1.82, 2.24) is 0 Å². The van der Waals surface area contributed by atoms with E-state index < -0.39 is 23.0 Å². The van der Waals surface area contributed by atoms with Crippen LogP contribution in [0.3, 0.4) is 0 Å². The predicted octanol–water partition coefficient (Wildman–Crippen LogP) is 2.93. The van der Waals surface area contributed by atoms with Crippen molar-refractivity contribution in [3.05, 3.63) is 12.7 Å². The van der Waals surface area contributed by atoms with Crippen molar-refractivity contribution in [2.24, 2.45) is 34.0 Å². The first-order valence-electron chi connectivity index (χ1n) is 10.7. The van der Waals surface area contributed by atoms with Crippen molar-refractivity contribution in [3.63, 3.8) is 0 Å². The van der Waals surface area contributed by atoms with Gasteiger partial charge in [-0.25, -0.2) is 0 Å². The lowest BCUT2D eigenvalue weighted by atomic mass is 9.44. The van der Waals surface area contributed by atoms with Crippen molar-refractivity contribution in [2.45, 2.75) is 78.1 Å².